The number of hydrogen-bond acceptors (Lipinski definition) is 3. The molecule has 0 spiro atoms. The number of carboxylic acids is 1. The Morgan fingerprint density at radius 3 is 2.74 bits per heavy atom. The van der Waals surface area contributed by atoms with Crippen LogP contribution < -0.4 is 10.2 Å². The second kappa shape index (κ2) is 5.21. The van der Waals surface area contributed by atoms with Gasteiger partial charge in [0.15, 0.2) is 0 Å². The molecule has 0 unspecified atom stereocenters. The Labute approximate surface area is 108 Å². The Hall–Kier alpha value is -2.83. The van der Waals surface area contributed by atoms with Gasteiger partial charge in [0.05, 0.1) is 23.1 Å². The molecule has 2 rings (SSSR count). The van der Waals surface area contributed by atoms with Crippen molar-refractivity contribution in [1.29, 1.82) is 0 Å². The van der Waals surface area contributed by atoms with Crippen LogP contribution >= 0.6 is 0 Å². The molecule has 19 heavy (non-hydrogen) atoms. The molecule has 0 atom stereocenters. The van der Waals surface area contributed by atoms with Gasteiger partial charge in [0.1, 0.15) is 0 Å². The van der Waals surface area contributed by atoms with E-state index >= 15 is 0 Å². The Bertz CT molecular complexity index is 595. The number of hydrogen-bond donors (Lipinski definition) is 3. The summed E-state index contributed by atoms with van der Waals surface area (Å²) in [7, 11) is 1.50. The highest BCUT2D eigenvalue weighted by molar-refractivity contribution is 6.05. The van der Waals surface area contributed by atoms with E-state index in [9.17, 15) is 9.59 Å². The molecule has 0 aliphatic carbocycles. The van der Waals surface area contributed by atoms with Crippen LogP contribution in [0.1, 0.15) is 10.4 Å². The van der Waals surface area contributed by atoms with Gasteiger partial charge in [-0.25, -0.2) is 9.59 Å². The first-order valence-electron chi connectivity index (χ1n) is 5.45. The van der Waals surface area contributed by atoms with E-state index in [0.29, 0.717) is 11.4 Å². The summed E-state index contributed by atoms with van der Waals surface area (Å²) in [6.07, 6.45) is 2.98. The number of amides is 2. The zero-order chi connectivity index (χ0) is 13.8. The second-order valence-corrected chi connectivity index (χ2v) is 3.80. The first-order valence-corrected chi connectivity index (χ1v) is 5.45. The van der Waals surface area contributed by atoms with E-state index in [1.807, 2.05) is 0 Å². The first kappa shape index (κ1) is 12.6. The summed E-state index contributed by atoms with van der Waals surface area (Å²) in [6, 6.07) is 5.84. The predicted molar refractivity (Wildman–Crippen MR) is 69.4 cm³/mol. The number of carboxylic acid groups (broad SMARTS) is 1. The third-order valence-corrected chi connectivity index (χ3v) is 2.55. The van der Waals surface area contributed by atoms with Crippen molar-refractivity contribution in [2.75, 3.05) is 17.3 Å². The van der Waals surface area contributed by atoms with Crippen LogP contribution in [0.25, 0.3) is 0 Å². The fourth-order valence-corrected chi connectivity index (χ4v) is 1.58. The molecule has 98 valence electrons. The highest BCUT2D eigenvalue weighted by Gasteiger charge is 2.17. The van der Waals surface area contributed by atoms with E-state index in [1.54, 1.807) is 18.2 Å². The summed E-state index contributed by atoms with van der Waals surface area (Å²) in [6.45, 7) is 0. The van der Waals surface area contributed by atoms with Gasteiger partial charge in [0.2, 0.25) is 0 Å². The molecule has 0 aliphatic heterocycles. The van der Waals surface area contributed by atoms with E-state index in [-0.39, 0.29) is 5.56 Å². The number of aromatic nitrogens is 2. The molecule has 2 amide bonds. The normalized spacial score (nSPS) is 9.95. The first-order chi connectivity index (χ1) is 9.09. The van der Waals surface area contributed by atoms with E-state index in [1.165, 1.54) is 30.4 Å². The van der Waals surface area contributed by atoms with Crippen molar-refractivity contribution in [2.24, 2.45) is 0 Å². The maximum atomic E-state index is 12.0. The minimum Gasteiger partial charge on any atom is -0.478 e. The number of carbonyl (C=O) groups excluding carboxylic acids is 1. The molecular weight excluding hydrogens is 248 g/mol. The van der Waals surface area contributed by atoms with Gasteiger partial charge in [-0.15, -0.1) is 0 Å². The van der Waals surface area contributed by atoms with E-state index in [4.69, 9.17) is 5.11 Å². The van der Waals surface area contributed by atoms with Crippen LogP contribution in [0.15, 0.2) is 36.7 Å². The van der Waals surface area contributed by atoms with Gasteiger partial charge in [-0.05, 0) is 12.1 Å². The number of carbonyl (C=O) groups is 2. The van der Waals surface area contributed by atoms with E-state index in [2.05, 4.69) is 15.5 Å². The Balaban J connectivity index is 2.22. The van der Waals surface area contributed by atoms with Crippen LogP contribution in [0, 0.1) is 0 Å². The SMILES string of the molecule is CN(C(=O)Nc1cn[nH]c1)c1ccccc1C(=O)O. The molecule has 1 aromatic heterocycles. The number of anilines is 2. The number of urea groups is 1. The van der Waals surface area contributed by atoms with Crippen molar-refractivity contribution in [2.45, 2.75) is 0 Å². The number of benzene rings is 1. The van der Waals surface area contributed by atoms with Gasteiger partial charge in [0, 0.05) is 13.2 Å². The molecule has 0 saturated heterocycles. The minimum absolute atomic E-state index is 0.0624. The molecule has 3 N–H and O–H groups in total. The van der Waals surface area contributed by atoms with Crippen LogP contribution in [-0.2, 0) is 0 Å². The lowest BCUT2D eigenvalue weighted by Gasteiger charge is -2.19. The molecule has 7 heteroatoms. The average Bonchev–Trinajstić information content (AvgIpc) is 2.90. The van der Waals surface area contributed by atoms with Crippen molar-refractivity contribution in [3.8, 4) is 0 Å². The topological polar surface area (TPSA) is 98.3 Å². The number of aromatic carboxylic acids is 1. The van der Waals surface area contributed by atoms with Crippen molar-refractivity contribution in [3.63, 3.8) is 0 Å². The smallest absolute Gasteiger partial charge is 0.337 e. The third-order valence-electron chi connectivity index (χ3n) is 2.55. The zero-order valence-electron chi connectivity index (χ0n) is 10.1. The summed E-state index contributed by atoms with van der Waals surface area (Å²) in [4.78, 5) is 24.3. The van der Waals surface area contributed by atoms with Crippen LogP contribution in [0.3, 0.4) is 0 Å². The van der Waals surface area contributed by atoms with Crippen LogP contribution in [0.2, 0.25) is 0 Å². The van der Waals surface area contributed by atoms with Gasteiger partial charge < -0.3 is 10.4 Å². The van der Waals surface area contributed by atoms with Crippen molar-refractivity contribution in [1.82, 2.24) is 10.2 Å². The van der Waals surface area contributed by atoms with E-state index < -0.39 is 12.0 Å². The summed E-state index contributed by atoms with van der Waals surface area (Å²) in [5, 5.41) is 17.9. The maximum Gasteiger partial charge on any atom is 0.337 e. The number of rotatable bonds is 3. The Morgan fingerprint density at radius 1 is 1.37 bits per heavy atom. The molecular formula is C12H12N4O3. The summed E-state index contributed by atoms with van der Waals surface area (Å²) < 4.78 is 0. The Kier molecular flexibility index (Phi) is 3.46. The highest BCUT2D eigenvalue weighted by atomic mass is 16.4. The van der Waals surface area contributed by atoms with Crippen molar-refractivity contribution >= 4 is 23.4 Å². The van der Waals surface area contributed by atoms with E-state index in [0.717, 1.165) is 0 Å². The Morgan fingerprint density at radius 2 is 2.11 bits per heavy atom. The van der Waals surface area contributed by atoms with Gasteiger partial charge in [0.25, 0.3) is 0 Å². The quantitative estimate of drug-likeness (QED) is 0.783. The summed E-state index contributed by atoms with van der Waals surface area (Å²) in [5.41, 5.74) is 0.882. The van der Waals surface area contributed by atoms with Gasteiger partial charge in [-0.1, -0.05) is 12.1 Å². The molecule has 0 fully saturated rings. The van der Waals surface area contributed by atoms with Crippen LogP contribution in [0.4, 0.5) is 16.2 Å². The number of H-pyrrole nitrogens is 1. The maximum absolute atomic E-state index is 12.0. The number of nitrogens with zero attached hydrogens (tertiary/aromatic N) is 2. The predicted octanol–water partition coefficient (Wildman–Crippen LogP) is 1.78. The molecule has 7 nitrogen and oxygen atoms in total. The lowest BCUT2D eigenvalue weighted by atomic mass is 10.1. The highest BCUT2D eigenvalue weighted by Crippen LogP contribution is 2.20. The zero-order valence-corrected chi connectivity index (χ0v) is 10.1. The lowest BCUT2D eigenvalue weighted by molar-refractivity contribution is 0.0697. The number of para-hydroxylation sites is 1. The van der Waals surface area contributed by atoms with Gasteiger partial charge >= 0.3 is 12.0 Å². The molecule has 0 saturated carbocycles. The third kappa shape index (κ3) is 2.71. The average molecular weight is 260 g/mol. The molecule has 0 aliphatic rings. The lowest BCUT2D eigenvalue weighted by Crippen LogP contribution is -2.32. The van der Waals surface area contributed by atoms with Crippen molar-refractivity contribution in [3.05, 3.63) is 42.2 Å². The molecule has 0 radical (unpaired) electrons. The fraction of sp³-hybridized carbons (Fsp3) is 0.0833. The molecule has 0 bridgehead atoms. The molecule has 2 aromatic rings. The minimum atomic E-state index is -1.08. The summed E-state index contributed by atoms with van der Waals surface area (Å²) in [5.74, 6) is -1.08. The molecule has 1 heterocycles. The largest absolute Gasteiger partial charge is 0.478 e. The molecule has 1 aromatic carbocycles. The van der Waals surface area contributed by atoms with Crippen molar-refractivity contribution < 1.29 is 14.7 Å². The van der Waals surface area contributed by atoms with Gasteiger partial charge in [-0.3, -0.25) is 10.00 Å². The van der Waals surface area contributed by atoms with Gasteiger partial charge in [-0.2, -0.15) is 5.10 Å². The standard InChI is InChI=1S/C12H12N4O3/c1-16(12(19)15-8-6-13-14-7-8)10-5-3-2-4-9(10)11(17)18/h2-7H,1H3,(H,13,14)(H,15,19)(H,17,18). The van der Waals surface area contributed by atoms with Crippen LogP contribution in [0.5, 0.6) is 0 Å². The fourth-order valence-electron chi connectivity index (χ4n) is 1.58. The second-order valence-electron chi connectivity index (χ2n) is 3.80. The number of nitrogens with one attached hydrogen (secondary N) is 2. The number of aromatic amines is 1. The van der Waals surface area contributed by atoms with Crippen LogP contribution in [-0.4, -0.2) is 34.4 Å². The monoisotopic (exact) mass is 260 g/mol. The summed E-state index contributed by atoms with van der Waals surface area (Å²) >= 11 is 0.